The molecule has 2 N–H and O–H groups in total. The summed E-state index contributed by atoms with van der Waals surface area (Å²) in [5.74, 6) is 1.41. The van der Waals surface area contributed by atoms with E-state index in [2.05, 4.69) is 33.6 Å². The van der Waals surface area contributed by atoms with Crippen molar-refractivity contribution in [2.24, 2.45) is 0 Å². The summed E-state index contributed by atoms with van der Waals surface area (Å²) in [7, 11) is 1.70. The average molecular weight is 272 g/mol. The van der Waals surface area contributed by atoms with Gasteiger partial charge in [-0.1, -0.05) is 18.2 Å². The van der Waals surface area contributed by atoms with E-state index in [-0.39, 0.29) is 0 Å². The second-order valence-electron chi connectivity index (χ2n) is 4.48. The number of para-hydroxylation sites is 1. The van der Waals surface area contributed by atoms with E-state index in [0.717, 1.165) is 31.1 Å². The average Bonchev–Trinajstić information content (AvgIpc) is 2.47. The molecule has 0 fully saturated rings. The van der Waals surface area contributed by atoms with Crippen molar-refractivity contribution in [2.45, 2.75) is 13.3 Å². The van der Waals surface area contributed by atoms with Crippen molar-refractivity contribution in [3.8, 4) is 0 Å². The quantitative estimate of drug-likeness (QED) is 0.759. The summed E-state index contributed by atoms with van der Waals surface area (Å²) in [6, 6.07) is 9.97. The Kier molecular flexibility index (Phi) is 5.32. The van der Waals surface area contributed by atoms with Crippen LogP contribution in [0, 0.1) is 6.92 Å². The van der Waals surface area contributed by atoms with Crippen LogP contribution < -0.4 is 10.6 Å². The van der Waals surface area contributed by atoms with E-state index in [1.165, 1.54) is 5.56 Å². The van der Waals surface area contributed by atoms with Gasteiger partial charge >= 0.3 is 0 Å². The van der Waals surface area contributed by atoms with Crippen molar-refractivity contribution in [2.75, 3.05) is 30.9 Å². The standard InChI is InChI=1S/C15H20N4O/c1-12-6-3-4-7-13(12)18-14-8-10-17-15(19-14)16-9-5-11-20-2/h3-4,6-8,10H,5,9,11H2,1-2H3,(H2,16,17,18,19). The van der Waals surface area contributed by atoms with Gasteiger partial charge in [0.15, 0.2) is 0 Å². The van der Waals surface area contributed by atoms with E-state index in [0.29, 0.717) is 5.95 Å². The van der Waals surface area contributed by atoms with Gasteiger partial charge < -0.3 is 15.4 Å². The number of nitrogens with one attached hydrogen (secondary N) is 2. The van der Waals surface area contributed by atoms with Gasteiger partial charge in [-0.05, 0) is 31.0 Å². The molecule has 0 saturated carbocycles. The van der Waals surface area contributed by atoms with Crippen LogP contribution in [-0.2, 0) is 4.74 Å². The summed E-state index contributed by atoms with van der Waals surface area (Å²) in [5, 5.41) is 6.48. The molecule has 0 atom stereocenters. The molecule has 0 aliphatic carbocycles. The molecule has 0 aliphatic heterocycles. The summed E-state index contributed by atoms with van der Waals surface area (Å²) in [5.41, 5.74) is 2.23. The fourth-order valence-corrected chi connectivity index (χ4v) is 1.78. The Hall–Kier alpha value is -2.14. The van der Waals surface area contributed by atoms with E-state index in [1.54, 1.807) is 13.3 Å². The maximum Gasteiger partial charge on any atom is 0.224 e. The number of anilines is 3. The van der Waals surface area contributed by atoms with Gasteiger partial charge in [-0.15, -0.1) is 0 Å². The molecule has 5 nitrogen and oxygen atoms in total. The summed E-state index contributed by atoms with van der Waals surface area (Å²) in [6.45, 7) is 3.59. The Morgan fingerprint density at radius 1 is 1.20 bits per heavy atom. The molecule has 0 spiro atoms. The Labute approximate surface area is 119 Å². The third-order valence-corrected chi connectivity index (χ3v) is 2.87. The van der Waals surface area contributed by atoms with Crippen LogP contribution in [0.4, 0.5) is 17.5 Å². The van der Waals surface area contributed by atoms with E-state index in [4.69, 9.17) is 4.74 Å². The van der Waals surface area contributed by atoms with E-state index >= 15 is 0 Å². The van der Waals surface area contributed by atoms with Gasteiger partial charge in [0.2, 0.25) is 5.95 Å². The van der Waals surface area contributed by atoms with E-state index in [9.17, 15) is 0 Å². The molecular weight excluding hydrogens is 252 g/mol. The fourth-order valence-electron chi connectivity index (χ4n) is 1.78. The number of rotatable bonds is 7. The predicted molar refractivity (Wildman–Crippen MR) is 81.5 cm³/mol. The second-order valence-corrected chi connectivity index (χ2v) is 4.48. The Morgan fingerprint density at radius 3 is 2.85 bits per heavy atom. The van der Waals surface area contributed by atoms with Crippen LogP contribution in [0.25, 0.3) is 0 Å². The SMILES string of the molecule is COCCCNc1nccc(Nc2ccccc2C)n1. The number of nitrogens with zero attached hydrogens (tertiary/aromatic N) is 2. The summed E-state index contributed by atoms with van der Waals surface area (Å²) in [4.78, 5) is 8.63. The molecule has 0 unspecified atom stereocenters. The molecular formula is C15H20N4O. The van der Waals surface area contributed by atoms with E-state index in [1.807, 2.05) is 24.3 Å². The monoisotopic (exact) mass is 272 g/mol. The first-order valence-corrected chi connectivity index (χ1v) is 6.68. The highest BCUT2D eigenvalue weighted by atomic mass is 16.5. The molecule has 0 saturated heterocycles. The van der Waals surface area contributed by atoms with Gasteiger partial charge in [0.05, 0.1) is 0 Å². The Bertz CT molecular complexity index is 545. The second kappa shape index (κ2) is 7.45. The molecule has 1 aromatic heterocycles. The Morgan fingerprint density at radius 2 is 2.05 bits per heavy atom. The summed E-state index contributed by atoms with van der Waals surface area (Å²) in [6.07, 6.45) is 2.67. The largest absolute Gasteiger partial charge is 0.385 e. The smallest absolute Gasteiger partial charge is 0.224 e. The van der Waals surface area contributed by atoms with Gasteiger partial charge in [-0.3, -0.25) is 0 Å². The number of hydrogen-bond acceptors (Lipinski definition) is 5. The van der Waals surface area contributed by atoms with Gasteiger partial charge in [0.1, 0.15) is 5.82 Å². The van der Waals surface area contributed by atoms with Crippen LogP contribution in [0.15, 0.2) is 36.5 Å². The van der Waals surface area contributed by atoms with Crippen molar-refractivity contribution in [1.82, 2.24) is 9.97 Å². The fraction of sp³-hybridized carbons (Fsp3) is 0.333. The minimum absolute atomic E-state index is 0.625. The number of hydrogen-bond donors (Lipinski definition) is 2. The van der Waals surface area contributed by atoms with Gasteiger partial charge in [-0.25, -0.2) is 4.98 Å². The highest BCUT2D eigenvalue weighted by molar-refractivity contribution is 5.60. The number of aromatic nitrogens is 2. The topological polar surface area (TPSA) is 59.1 Å². The number of ether oxygens (including phenoxy) is 1. The summed E-state index contributed by atoms with van der Waals surface area (Å²) < 4.78 is 5.00. The number of methoxy groups -OCH3 is 1. The number of benzene rings is 1. The van der Waals surface area contributed by atoms with Crippen LogP contribution in [0.2, 0.25) is 0 Å². The maximum absolute atomic E-state index is 5.00. The Balaban J connectivity index is 1.97. The first kappa shape index (κ1) is 14.3. The van der Waals surface area contributed by atoms with Crippen molar-refractivity contribution in [1.29, 1.82) is 0 Å². The zero-order valence-electron chi connectivity index (χ0n) is 11.9. The molecule has 0 radical (unpaired) electrons. The van der Waals surface area contributed by atoms with Crippen LogP contribution in [-0.4, -0.2) is 30.2 Å². The number of aryl methyl sites for hydroxylation is 1. The van der Waals surface area contributed by atoms with Crippen LogP contribution in [0.5, 0.6) is 0 Å². The van der Waals surface area contributed by atoms with Crippen molar-refractivity contribution >= 4 is 17.5 Å². The van der Waals surface area contributed by atoms with Crippen LogP contribution in [0.1, 0.15) is 12.0 Å². The molecule has 5 heteroatoms. The minimum atomic E-state index is 0.625. The highest BCUT2D eigenvalue weighted by Gasteiger charge is 2.01. The third-order valence-electron chi connectivity index (χ3n) is 2.87. The summed E-state index contributed by atoms with van der Waals surface area (Å²) >= 11 is 0. The molecule has 1 aromatic carbocycles. The molecule has 20 heavy (non-hydrogen) atoms. The van der Waals surface area contributed by atoms with Crippen molar-refractivity contribution < 1.29 is 4.74 Å². The van der Waals surface area contributed by atoms with Crippen molar-refractivity contribution in [3.63, 3.8) is 0 Å². The predicted octanol–water partition coefficient (Wildman–Crippen LogP) is 2.98. The highest BCUT2D eigenvalue weighted by Crippen LogP contribution is 2.18. The molecule has 106 valence electrons. The minimum Gasteiger partial charge on any atom is -0.385 e. The van der Waals surface area contributed by atoms with E-state index < -0.39 is 0 Å². The first-order chi connectivity index (χ1) is 9.79. The third kappa shape index (κ3) is 4.20. The van der Waals surface area contributed by atoms with Crippen LogP contribution in [0.3, 0.4) is 0 Å². The lowest BCUT2D eigenvalue weighted by molar-refractivity contribution is 0.197. The molecule has 0 amide bonds. The normalized spacial score (nSPS) is 10.3. The van der Waals surface area contributed by atoms with Gasteiger partial charge in [0, 0.05) is 32.1 Å². The van der Waals surface area contributed by atoms with Gasteiger partial charge in [-0.2, -0.15) is 4.98 Å². The lowest BCUT2D eigenvalue weighted by atomic mass is 10.2. The molecule has 0 bridgehead atoms. The molecule has 0 aliphatic rings. The molecule has 2 aromatic rings. The first-order valence-electron chi connectivity index (χ1n) is 6.68. The van der Waals surface area contributed by atoms with Gasteiger partial charge in [0.25, 0.3) is 0 Å². The van der Waals surface area contributed by atoms with Crippen molar-refractivity contribution in [3.05, 3.63) is 42.1 Å². The zero-order valence-corrected chi connectivity index (χ0v) is 11.9. The molecule has 1 heterocycles. The maximum atomic E-state index is 5.00. The van der Waals surface area contributed by atoms with Crippen LogP contribution >= 0.6 is 0 Å². The zero-order chi connectivity index (χ0) is 14.2. The lowest BCUT2D eigenvalue weighted by Crippen LogP contribution is -2.08. The lowest BCUT2D eigenvalue weighted by Gasteiger charge is -2.10. The molecule has 2 rings (SSSR count).